The molecule has 0 fully saturated rings. The van der Waals surface area contributed by atoms with Crippen LogP contribution in [0.3, 0.4) is 0 Å². The van der Waals surface area contributed by atoms with Crippen LogP contribution in [0, 0.1) is 0 Å². The summed E-state index contributed by atoms with van der Waals surface area (Å²) in [5.74, 6) is -1.26. The Morgan fingerprint density at radius 3 is 2.53 bits per heavy atom. The van der Waals surface area contributed by atoms with Crippen LogP contribution in [0.25, 0.3) is 21.6 Å². The number of aromatic nitrogens is 3. The van der Waals surface area contributed by atoms with Gasteiger partial charge >= 0.3 is 5.97 Å². The molecule has 3 aromatic heterocycles. The van der Waals surface area contributed by atoms with Crippen LogP contribution in [0.2, 0.25) is 0 Å². The monoisotopic (exact) mass is 477 g/mol. The lowest BCUT2D eigenvalue weighted by Gasteiger charge is -2.11. The molecule has 0 spiro atoms. The number of nitrogens with zero attached hydrogens (tertiary/aromatic N) is 3. The first-order chi connectivity index (χ1) is 16.4. The van der Waals surface area contributed by atoms with Gasteiger partial charge in [-0.15, -0.1) is 11.3 Å². The minimum atomic E-state index is -0.538. The van der Waals surface area contributed by atoms with E-state index in [1.165, 1.54) is 7.11 Å². The quantitative estimate of drug-likeness (QED) is 0.390. The highest BCUT2D eigenvalue weighted by Crippen LogP contribution is 2.29. The smallest absolute Gasteiger partial charge is 0.325 e. The lowest BCUT2D eigenvalue weighted by atomic mass is 10.1. The molecule has 9 nitrogen and oxygen atoms in total. The number of carbonyl (C=O) groups is 3. The van der Waals surface area contributed by atoms with Gasteiger partial charge in [-0.05, 0) is 55.6 Å². The van der Waals surface area contributed by atoms with E-state index >= 15 is 0 Å². The van der Waals surface area contributed by atoms with E-state index in [2.05, 4.69) is 20.5 Å². The van der Waals surface area contributed by atoms with Crippen LogP contribution in [0.1, 0.15) is 40.6 Å². The van der Waals surface area contributed by atoms with E-state index in [9.17, 15) is 14.4 Å². The molecule has 0 radical (unpaired) electrons. The van der Waals surface area contributed by atoms with Crippen molar-refractivity contribution in [2.45, 2.75) is 19.9 Å². The van der Waals surface area contributed by atoms with Crippen LogP contribution in [0.15, 0.2) is 54.0 Å². The molecule has 174 valence electrons. The summed E-state index contributed by atoms with van der Waals surface area (Å²) in [6.45, 7) is 3.80. The molecule has 4 aromatic rings. The minimum Gasteiger partial charge on any atom is -0.468 e. The van der Waals surface area contributed by atoms with Gasteiger partial charge in [-0.1, -0.05) is 6.07 Å². The fourth-order valence-corrected chi connectivity index (χ4v) is 4.05. The molecule has 0 aliphatic rings. The molecular formula is C24H23N5O4S. The third kappa shape index (κ3) is 4.81. The van der Waals surface area contributed by atoms with Gasteiger partial charge in [-0.3, -0.25) is 14.4 Å². The standard InChI is InChI=1S/C24H23N5O4S/c1-14(2)29-22-18(12-26-29)17(11-19(28-22)20-5-4-10-34-20)24(32)27-16-8-6-15(7-9-16)23(31)25-13-21(30)33-3/h4-12,14H,13H2,1-3H3,(H,25,31)(H,27,32). The van der Waals surface area contributed by atoms with Crippen molar-refractivity contribution < 1.29 is 19.1 Å². The molecule has 3 heterocycles. The second kappa shape index (κ2) is 9.84. The highest BCUT2D eigenvalue weighted by Gasteiger charge is 2.19. The third-order valence-corrected chi connectivity index (χ3v) is 5.99. The number of amides is 2. The molecule has 0 saturated heterocycles. The highest BCUT2D eigenvalue weighted by molar-refractivity contribution is 7.13. The Hall–Kier alpha value is -4.05. The summed E-state index contributed by atoms with van der Waals surface area (Å²) in [6.07, 6.45) is 1.66. The summed E-state index contributed by atoms with van der Waals surface area (Å²) >= 11 is 1.55. The number of esters is 1. The lowest BCUT2D eigenvalue weighted by molar-refractivity contribution is -0.139. The number of anilines is 1. The van der Waals surface area contributed by atoms with Gasteiger partial charge in [0.05, 0.1) is 34.8 Å². The predicted molar refractivity (Wildman–Crippen MR) is 130 cm³/mol. The summed E-state index contributed by atoms with van der Waals surface area (Å²) in [5.41, 5.74) is 2.68. The lowest BCUT2D eigenvalue weighted by Crippen LogP contribution is -2.30. The maximum Gasteiger partial charge on any atom is 0.325 e. The fourth-order valence-electron chi connectivity index (χ4n) is 3.36. The number of methoxy groups -OCH3 is 1. The number of fused-ring (bicyclic) bond motifs is 1. The molecule has 34 heavy (non-hydrogen) atoms. The fraction of sp³-hybridized carbons (Fsp3) is 0.208. The van der Waals surface area contributed by atoms with Crippen LogP contribution in [-0.2, 0) is 9.53 Å². The van der Waals surface area contributed by atoms with E-state index in [1.54, 1.807) is 52.5 Å². The second-order valence-corrected chi connectivity index (χ2v) is 8.69. The molecule has 0 aliphatic heterocycles. The molecule has 0 atom stereocenters. The zero-order valence-electron chi connectivity index (χ0n) is 18.9. The van der Waals surface area contributed by atoms with E-state index in [0.717, 1.165) is 4.88 Å². The second-order valence-electron chi connectivity index (χ2n) is 7.74. The van der Waals surface area contributed by atoms with Gasteiger partial charge in [0, 0.05) is 17.3 Å². The molecule has 2 amide bonds. The average Bonchev–Trinajstić information content (AvgIpc) is 3.52. The molecule has 0 aliphatic carbocycles. The summed E-state index contributed by atoms with van der Waals surface area (Å²) in [5, 5.41) is 12.4. The number of thiophene rings is 1. The van der Waals surface area contributed by atoms with Crippen LogP contribution < -0.4 is 10.6 Å². The number of nitrogens with one attached hydrogen (secondary N) is 2. The molecular weight excluding hydrogens is 454 g/mol. The van der Waals surface area contributed by atoms with E-state index < -0.39 is 11.9 Å². The van der Waals surface area contributed by atoms with Crippen molar-refractivity contribution >= 4 is 45.8 Å². The van der Waals surface area contributed by atoms with E-state index in [0.29, 0.717) is 33.5 Å². The van der Waals surface area contributed by atoms with Crippen molar-refractivity contribution in [3.05, 3.63) is 65.2 Å². The van der Waals surface area contributed by atoms with Crippen LogP contribution in [0.5, 0.6) is 0 Å². The number of hydrogen-bond donors (Lipinski definition) is 2. The van der Waals surface area contributed by atoms with E-state index in [4.69, 9.17) is 4.98 Å². The maximum atomic E-state index is 13.3. The Labute approximate surface area is 199 Å². The number of pyridine rings is 1. The Morgan fingerprint density at radius 2 is 1.88 bits per heavy atom. The SMILES string of the molecule is COC(=O)CNC(=O)c1ccc(NC(=O)c2cc(-c3cccs3)nc3c2cnn3C(C)C)cc1. The van der Waals surface area contributed by atoms with Crippen molar-refractivity contribution in [1.82, 2.24) is 20.1 Å². The molecule has 10 heteroatoms. The van der Waals surface area contributed by atoms with Crippen molar-refractivity contribution in [3.8, 4) is 10.6 Å². The van der Waals surface area contributed by atoms with Gasteiger partial charge in [-0.25, -0.2) is 9.67 Å². The summed E-state index contributed by atoms with van der Waals surface area (Å²) < 4.78 is 6.30. The number of hydrogen-bond acceptors (Lipinski definition) is 7. The van der Waals surface area contributed by atoms with Crippen molar-refractivity contribution in [1.29, 1.82) is 0 Å². The van der Waals surface area contributed by atoms with Crippen LogP contribution in [0.4, 0.5) is 5.69 Å². The summed E-state index contributed by atoms with van der Waals surface area (Å²) in [4.78, 5) is 42.3. The first-order valence-corrected chi connectivity index (χ1v) is 11.4. The summed E-state index contributed by atoms with van der Waals surface area (Å²) in [6, 6.07) is 12.1. The van der Waals surface area contributed by atoms with Gasteiger partial charge in [0.2, 0.25) is 0 Å². The van der Waals surface area contributed by atoms with Gasteiger partial charge in [0.25, 0.3) is 11.8 Å². The molecule has 0 saturated carbocycles. The van der Waals surface area contributed by atoms with Gasteiger partial charge in [0.1, 0.15) is 6.54 Å². The molecule has 2 N–H and O–H groups in total. The molecule has 0 bridgehead atoms. The van der Waals surface area contributed by atoms with Crippen molar-refractivity contribution in [2.75, 3.05) is 19.0 Å². The van der Waals surface area contributed by atoms with Gasteiger partial charge in [0.15, 0.2) is 5.65 Å². The zero-order valence-corrected chi connectivity index (χ0v) is 19.7. The van der Waals surface area contributed by atoms with Crippen LogP contribution in [-0.4, -0.2) is 46.2 Å². The Bertz CT molecular complexity index is 1340. The van der Waals surface area contributed by atoms with Crippen molar-refractivity contribution in [2.24, 2.45) is 0 Å². The number of ether oxygens (including phenoxy) is 1. The number of rotatable bonds is 7. The maximum absolute atomic E-state index is 13.3. The summed E-state index contributed by atoms with van der Waals surface area (Å²) in [7, 11) is 1.25. The van der Waals surface area contributed by atoms with E-state index in [-0.39, 0.29) is 18.5 Å². The predicted octanol–water partition coefficient (Wildman–Crippen LogP) is 3.90. The Morgan fingerprint density at radius 1 is 1.12 bits per heavy atom. The van der Waals surface area contributed by atoms with Gasteiger partial charge < -0.3 is 15.4 Å². The average molecular weight is 478 g/mol. The van der Waals surface area contributed by atoms with Crippen molar-refractivity contribution in [3.63, 3.8) is 0 Å². The topological polar surface area (TPSA) is 115 Å². The normalized spacial score (nSPS) is 10.9. The van der Waals surface area contributed by atoms with E-state index in [1.807, 2.05) is 31.4 Å². The number of carbonyl (C=O) groups excluding carboxylic acids is 3. The highest BCUT2D eigenvalue weighted by atomic mass is 32.1. The molecule has 1 aromatic carbocycles. The molecule has 0 unspecified atom stereocenters. The van der Waals surface area contributed by atoms with Crippen LogP contribution >= 0.6 is 11.3 Å². The zero-order chi connectivity index (χ0) is 24.2. The first kappa shape index (κ1) is 23.1. The Balaban J connectivity index is 1.59. The number of benzene rings is 1. The molecule has 4 rings (SSSR count). The van der Waals surface area contributed by atoms with Gasteiger partial charge in [-0.2, -0.15) is 5.10 Å². The third-order valence-electron chi connectivity index (χ3n) is 5.10. The first-order valence-electron chi connectivity index (χ1n) is 10.6. The minimum absolute atomic E-state index is 0.0809. The Kier molecular flexibility index (Phi) is 6.69. The largest absolute Gasteiger partial charge is 0.468 e.